The lowest BCUT2D eigenvalue weighted by Gasteiger charge is -2.15. The molecule has 0 bridgehead atoms. The van der Waals surface area contributed by atoms with Gasteiger partial charge >= 0.3 is 5.97 Å². The number of methoxy groups -OCH3 is 1. The zero-order chi connectivity index (χ0) is 18.7. The Bertz CT molecular complexity index is 936. The molecule has 0 saturated heterocycles. The fourth-order valence-electron chi connectivity index (χ4n) is 2.50. The minimum Gasteiger partial charge on any atom is -0.468 e. The highest BCUT2D eigenvalue weighted by Crippen LogP contribution is 2.34. The normalized spacial score (nSPS) is 10.7. The summed E-state index contributed by atoms with van der Waals surface area (Å²) < 4.78 is 9.92. The van der Waals surface area contributed by atoms with E-state index in [4.69, 9.17) is 4.42 Å². The molecule has 0 aliphatic carbocycles. The number of furan rings is 1. The van der Waals surface area contributed by atoms with E-state index in [-0.39, 0.29) is 12.5 Å². The summed E-state index contributed by atoms with van der Waals surface area (Å²) in [6.45, 7) is 2.21. The standard InChI is InChI=1S/C17H18N4O4S/c1-10-13-15(18-7-11-5-4-6-25-11)19-9-20-16(13)26-14(10)17(23)21(2)8-12(22)24-3/h4-6,9H,7-8H2,1-3H3,(H,18,19,20). The van der Waals surface area contributed by atoms with Crippen molar-refractivity contribution in [2.45, 2.75) is 13.5 Å². The Labute approximate surface area is 153 Å². The highest BCUT2D eigenvalue weighted by Gasteiger charge is 2.23. The highest BCUT2D eigenvalue weighted by atomic mass is 32.1. The van der Waals surface area contributed by atoms with Crippen molar-refractivity contribution in [3.63, 3.8) is 0 Å². The monoisotopic (exact) mass is 374 g/mol. The lowest BCUT2D eigenvalue weighted by Crippen LogP contribution is -2.32. The van der Waals surface area contributed by atoms with E-state index < -0.39 is 5.97 Å². The van der Waals surface area contributed by atoms with Gasteiger partial charge in [0.05, 0.1) is 30.2 Å². The molecule has 3 aromatic heterocycles. The number of fused-ring (bicyclic) bond motifs is 1. The number of aromatic nitrogens is 2. The number of carbonyl (C=O) groups is 2. The summed E-state index contributed by atoms with van der Waals surface area (Å²) in [5.74, 6) is 0.682. The van der Waals surface area contributed by atoms with Crippen molar-refractivity contribution < 1.29 is 18.7 Å². The number of thiophene rings is 1. The Balaban J connectivity index is 1.89. The molecular formula is C17H18N4O4S. The molecule has 0 aromatic carbocycles. The van der Waals surface area contributed by atoms with Gasteiger partial charge in [-0.2, -0.15) is 0 Å². The first-order chi connectivity index (χ1) is 12.5. The van der Waals surface area contributed by atoms with Gasteiger partial charge in [0.2, 0.25) is 0 Å². The summed E-state index contributed by atoms with van der Waals surface area (Å²) in [5.41, 5.74) is 0.772. The van der Waals surface area contributed by atoms with Crippen molar-refractivity contribution in [1.82, 2.24) is 14.9 Å². The molecular weight excluding hydrogens is 356 g/mol. The number of rotatable bonds is 6. The van der Waals surface area contributed by atoms with E-state index >= 15 is 0 Å². The molecule has 0 saturated carbocycles. The fraction of sp³-hybridized carbons (Fsp3) is 0.294. The number of anilines is 1. The summed E-state index contributed by atoms with van der Waals surface area (Å²) in [6.07, 6.45) is 3.06. The van der Waals surface area contributed by atoms with Crippen LogP contribution in [0.3, 0.4) is 0 Å². The van der Waals surface area contributed by atoms with Crippen LogP contribution in [0.5, 0.6) is 0 Å². The van der Waals surface area contributed by atoms with Crippen LogP contribution in [0.25, 0.3) is 10.2 Å². The van der Waals surface area contributed by atoms with E-state index in [1.165, 1.54) is 29.7 Å². The van der Waals surface area contributed by atoms with Gasteiger partial charge in [-0.05, 0) is 24.6 Å². The first-order valence-electron chi connectivity index (χ1n) is 7.84. The van der Waals surface area contributed by atoms with Crippen molar-refractivity contribution in [2.75, 3.05) is 26.0 Å². The molecule has 1 N–H and O–H groups in total. The molecule has 0 aliphatic heterocycles. The smallest absolute Gasteiger partial charge is 0.325 e. The molecule has 136 valence electrons. The van der Waals surface area contributed by atoms with E-state index in [1.807, 2.05) is 19.1 Å². The van der Waals surface area contributed by atoms with Crippen molar-refractivity contribution in [3.8, 4) is 0 Å². The predicted octanol–water partition coefficient (Wildman–Crippen LogP) is 2.45. The second-order valence-corrected chi connectivity index (χ2v) is 6.63. The summed E-state index contributed by atoms with van der Waals surface area (Å²) in [6, 6.07) is 3.68. The second kappa shape index (κ2) is 7.52. The summed E-state index contributed by atoms with van der Waals surface area (Å²) in [5, 5.41) is 4.01. The first kappa shape index (κ1) is 17.9. The Morgan fingerprint density at radius 1 is 1.38 bits per heavy atom. The van der Waals surface area contributed by atoms with Gasteiger partial charge in [0.1, 0.15) is 29.3 Å². The molecule has 0 atom stereocenters. The maximum Gasteiger partial charge on any atom is 0.325 e. The molecule has 0 radical (unpaired) electrons. The molecule has 3 aromatic rings. The van der Waals surface area contributed by atoms with Crippen LogP contribution in [0.15, 0.2) is 29.1 Å². The van der Waals surface area contributed by atoms with Crippen molar-refractivity contribution in [3.05, 3.63) is 40.9 Å². The van der Waals surface area contributed by atoms with Crippen LogP contribution >= 0.6 is 11.3 Å². The first-order valence-corrected chi connectivity index (χ1v) is 8.65. The van der Waals surface area contributed by atoms with E-state index in [1.54, 1.807) is 13.3 Å². The quantitative estimate of drug-likeness (QED) is 0.662. The van der Waals surface area contributed by atoms with E-state index in [0.717, 1.165) is 16.7 Å². The van der Waals surface area contributed by atoms with Crippen molar-refractivity contribution in [2.24, 2.45) is 0 Å². The van der Waals surface area contributed by atoms with Gasteiger partial charge in [0.25, 0.3) is 5.91 Å². The van der Waals surface area contributed by atoms with E-state index in [2.05, 4.69) is 20.0 Å². The van der Waals surface area contributed by atoms with Crippen LogP contribution in [-0.2, 0) is 16.1 Å². The van der Waals surface area contributed by atoms with Gasteiger partial charge in [-0.3, -0.25) is 9.59 Å². The second-order valence-electron chi connectivity index (χ2n) is 5.63. The third-order valence-electron chi connectivity index (χ3n) is 3.87. The van der Waals surface area contributed by atoms with Crippen LogP contribution in [0.4, 0.5) is 5.82 Å². The van der Waals surface area contributed by atoms with Gasteiger partial charge in [-0.25, -0.2) is 9.97 Å². The predicted molar refractivity (Wildman–Crippen MR) is 97.2 cm³/mol. The summed E-state index contributed by atoms with van der Waals surface area (Å²) in [7, 11) is 2.85. The number of aryl methyl sites for hydroxylation is 1. The molecule has 8 nitrogen and oxygen atoms in total. The van der Waals surface area contributed by atoms with Crippen LogP contribution in [0.2, 0.25) is 0 Å². The molecule has 26 heavy (non-hydrogen) atoms. The number of carbonyl (C=O) groups excluding carboxylic acids is 2. The zero-order valence-corrected chi connectivity index (χ0v) is 15.4. The third-order valence-corrected chi connectivity index (χ3v) is 5.06. The largest absolute Gasteiger partial charge is 0.468 e. The van der Waals surface area contributed by atoms with Crippen LogP contribution in [0, 0.1) is 6.92 Å². The average molecular weight is 374 g/mol. The van der Waals surface area contributed by atoms with Gasteiger partial charge in [0, 0.05) is 7.05 Å². The molecule has 0 fully saturated rings. The summed E-state index contributed by atoms with van der Waals surface area (Å²) >= 11 is 1.27. The van der Waals surface area contributed by atoms with Crippen LogP contribution in [-0.4, -0.2) is 47.4 Å². The number of hydrogen-bond donors (Lipinski definition) is 1. The number of amides is 1. The topological polar surface area (TPSA) is 97.6 Å². The SMILES string of the molecule is COC(=O)CN(C)C(=O)c1sc2ncnc(NCc3ccco3)c2c1C. The number of nitrogens with zero attached hydrogens (tertiary/aromatic N) is 3. The number of nitrogens with one attached hydrogen (secondary N) is 1. The van der Waals surface area contributed by atoms with E-state index in [9.17, 15) is 9.59 Å². The number of likely N-dealkylation sites (N-methyl/N-ethyl adjacent to an activating group) is 1. The molecule has 9 heteroatoms. The number of esters is 1. The molecule has 3 heterocycles. The Hall–Kier alpha value is -2.94. The zero-order valence-electron chi connectivity index (χ0n) is 14.6. The minimum atomic E-state index is -0.472. The lowest BCUT2D eigenvalue weighted by atomic mass is 10.2. The van der Waals surface area contributed by atoms with Gasteiger partial charge in [0.15, 0.2) is 0 Å². The molecule has 1 amide bonds. The molecule has 0 spiro atoms. The van der Waals surface area contributed by atoms with Gasteiger partial charge < -0.3 is 19.4 Å². The fourth-order valence-corrected chi connectivity index (χ4v) is 3.64. The van der Waals surface area contributed by atoms with Crippen molar-refractivity contribution in [1.29, 1.82) is 0 Å². The van der Waals surface area contributed by atoms with Gasteiger partial charge in [-0.1, -0.05) is 0 Å². The molecule has 0 unspecified atom stereocenters. The Kier molecular flexibility index (Phi) is 5.17. The Morgan fingerprint density at radius 3 is 2.88 bits per heavy atom. The third kappa shape index (κ3) is 3.52. The summed E-state index contributed by atoms with van der Waals surface area (Å²) in [4.78, 5) is 35.2. The minimum absolute atomic E-state index is 0.113. The number of ether oxygens (including phenoxy) is 1. The van der Waals surface area contributed by atoms with Crippen LogP contribution in [0.1, 0.15) is 21.0 Å². The van der Waals surface area contributed by atoms with Crippen LogP contribution < -0.4 is 5.32 Å². The maximum atomic E-state index is 12.7. The van der Waals surface area contributed by atoms with Crippen molar-refractivity contribution >= 4 is 39.2 Å². The van der Waals surface area contributed by atoms with E-state index in [0.29, 0.717) is 22.1 Å². The molecule has 3 rings (SSSR count). The molecule has 0 aliphatic rings. The van der Waals surface area contributed by atoms with Gasteiger partial charge in [-0.15, -0.1) is 11.3 Å². The average Bonchev–Trinajstić information content (AvgIpc) is 3.27. The highest BCUT2D eigenvalue weighted by molar-refractivity contribution is 7.20. The lowest BCUT2D eigenvalue weighted by molar-refractivity contribution is -0.141. The Morgan fingerprint density at radius 2 is 2.19 bits per heavy atom. The maximum absolute atomic E-state index is 12.7. The number of hydrogen-bond acceptors (Lipinski definition) is 8.